The molecule has 3 heterocycles. The fourth-order valence-electron chi connectivity index (χ4n) is 3.58. The molecule has 4 rings (SSSR count). The summed E-state index contributed by atoms with van der Waals surface area (Å²) >= 11 is 0. The smallest absolute Gasteiger partial charge is 0.256 e. The van der Waals surface area contributed by atoms with E-state index in [2.05, 4.69) is 15.6 Å². The topological polar surface area (TPSA) is 43.1 Å². The van der Waals surface area contributed by atoms with Crippen LogP contribution in [0.15, 0.2) is 61.4 Å². The highest BCUT2D eigenvalue weighted by Gasteiger charge is 2.26. The summed E-state index contributed by atoms with van der Waals surface area (Å²) in [6.45, 7) is 3.57. The van der Waals surface area contributed by atoms with Gasteiger partial charge in [-0.2, -0.15) is 0 Å². The number of carbonyl (C=O) groups is 1. The number of aromatic nitrogens is 3. The van der Waals surface area contributed by atoms with Crippen molar-refractivity contribution in [1.82, 2.24) is 19.0 Å². The molecule has 5 heteroatoms. The number of imidazole rings is 1. The number of hydrogen-bond acceptors (Lipinski definition) is 2. The lowest BCUT2D eigenvalue weighted by molar-refractivity contribution is 0.0679. The molecule has 0 radical (unpaired) electrons. The van der Waals surface area contributed by atoms with Crippen molar-refractivity contribution in [2.75, 3.05) is 13.1 Å². The monoisotopic (exact) mass is 334 g/mol. The SMILES string of the molecule is Cc1ccc(-n2cccc2)c(C(=O)N2CCC[C@@H](n3ccnc3)C2)c1. The maximum atomic E-state index is 13.3. The molecule has 1 aliphatic rings. The molecule has 0 N–H and O–H groups in total. The van der Waals surface area contributed by atoms with Crippen LogP contribution in [0, 0.1) is 6.92 Å². The molecule has 1 fully saturated rings. The summed E-state index contributed by atoms with van der Waals surface area (Å²) < 4.78 is 4.12. The Kier molecular flexibility index (Phi) is 4.14. The van der Waals surface area contributed by atoms with Crippen LogP contribution >= 0.6 is 0 Å². The van der Waals surface area contributed by atoms with E-state index >= 15 is 0 Å². The van der Waals surface area contributed by atoms with Crippen LogP contribution in [0.4, 0.5) is 0 Å². The van der Waals surface area contributed by atoms with Crippen LogP contribution in [0.5, 0.6) is 0 Å². The summed E-state index contributed by atoms with van der Waals surface area (Å²) in [6.07, 6.45) is 11.7. The zero-order valence-electron chi connectivity index (χ0n) is 14.4. The molecule has 0 aliphatic carbocycles. The summed E-state index contributed by atoms with van der Waals surface area (Å²) in [5.74, 6) is 0.109. The Labute approximate surface area is 147 Å². The van der Waals surface area contributed by atoms with Crippen molar-refractivity contribution in [2.45, 2.75) is 25.8 Å². The highest BCUT2D eigenvalue weighted by atomic mass is 16.2. The third-order valence-corrected chi connectivity index (χ3v) is 4.90. The summed E-state index contributed by atoms with van der Waals surface area (Å²) in [5, 5.41) is 0. The molecule has 1 atom stereocenters. The summed E-state index contributed by atoms with van der Waals surface area (Å²) in [4.78, 5) is 19.4. The van der Waals surface area contributed by atoms with Crippen molar-refractivity contribution >= 4 is 5.91 Å². The van der Waals surface area contributed by atoms with Gasteiger partial charge in [-0.25, -0.2) is 4.98 Å². The minimum atomic E-state index is 0.109. The van der Waals surface area contributed by atoms with Crippen LogP contribution in [0.1, 0.15) is 34.8 Å². The summed E-state index contributed by atoms with van der Waals surface area (Å²) in [6, 6.07) is 10.3. The largest absolute Gasteiger partial charge is 0.337 e. The molecule has 1 saturated heterocycles. The van der Waals surface area contributed by atoms with E-state index in [1.54, 1.807) is 6.20 Å². The Balaban J connectivity index is 1.63. The van der Waals surface area contributed by atoms with Gasteiger partial charge < -0.3 is 14.0 Å². The Morgan fingerprint density at radius 3 is 2.80 bits per heavy atom. The zero-order valence-corrected chi connectivity index (χ0v) is 14.4. The van der Waals surface area contributed by atoms with Gasteiger partial charge in [0.05, 0.1) is 23.6 Å². The van der Waals surface area contributed by atoms with Gasteiger partial charge in [-0.05, 0) is 44.0 Å². The Hall–Kier alpha value is -2.82. The first-order valence-corrected chi connectivity index (χ1v) is 8.73. The van der Waals surface area contributed by atoms with Crippen molar-refractivity contribution in [2.24, 2.45) is 0 Å². The number of hydrogen-bond donors (Lipinski definition) is 0. The zero-order chi connectivity index (χ0) is 17.2. The molecule has 0 unspecified atom stereocenters. The molecular formula is C20H22N4O. The first-order valence-electron chi connectivity index (χ1n) is 8.73. The van der Waals surface area contributed by atoms with Crippen molar-refractivity contribution in [1.29, 1.82) is 0 Å². The van der Waals surface area contributed by atoms with Gasteiger partial charge in [0.25, 0.3) is 5.91 Å². The fraction of sp³-hybridized carbons (Fsp3) is 0.300. The lowest BCUT2D eigenvalue weighted by atomic mass is 10.0. The molecule has 0 bridgehead atoms. The first kappa shape index (κ1) is 15.7. The maximum Gasteiger partial charge on any atom is 0.256 e. The average molecular weight is 334 g/mol. The molecular weight excluding hydrogens is 312 g/mol. The Morgan fingerprint density at radius 2 is 2.04 bits per heavy atom. The van der Waals surface area contributed by atoms with Crippen molar-refractivity contribution in [3.63, 3.8) is 0 Å². The van der Waals surface area contributed by atoms with E-state index in [1.807, 2.05) is 65.6 Å². The predicted molar refractivity (Wildman–Crippen MR) is 96.9 cm³/mol. The normalized spacial score (nSPS) is 17.6. The van der Waals surface area contributed by atoms with Crippen molar-refractivity contribution in [3.8, 4) is 5.69 Å². The van der Waals surface area contributed by atoms with E-state index < -0.39 is 0 Å². The lowest BCUT2D eigenvalue weighted by Gasteiger charge is -2.34. The van der Waals surface area contributed by atoms with Gasteiger partial charge in [0.2, 0.25) is 0 Å². The number of aryl methyl sites for hydroxylation is 1. The summed E-state index contributed by atoms with van der Waals surface area (Å²) in [7, 11) is 0. The Morgan fingerprint density at radius 1 is 1.20 bits per heavy atom. The van der Waals surface area contributed by atoms with Crippen molar-refractivity contribution in [3.05, 3.63) is 72.6 Å². The van der Waals surface area contributed by atoms with Gasteiger partial charge in [-0.3, -0.25) is 4.79 Å². The number of benzene rings is 1. The molecule has 2 aromatic heterocycles. The third kappa shape index (κ3) is 3.09. The van der Waals surface area contributed by atoms with Crippen LogP contribution < -0.4 is 0 Å². The first-order chi connectivity index (χ1) is 12.2. The standard InChI is InChI=1S/C20H22N4O/c1-16-6-7-19(22-9-2-3-10-22)18(13-16)20(25)23-11-4-5-17(14-23)24-12-8-21-15-24/h2-3,6-10,12-13,15,17H,4-5,11,14H2,1H3/t17-/m1/s1. The lowest BCUT2D eigenvalue weighted by Crippen LogP contribution is -2.40. The molecule has 1 aliphatic heterocycles. The minimum absolute atomic E-state index is 0.109. The van der Waals surface area contributed by atoms with E-state index in [0.29, 0.717) is 6.04 Å². The van der Waals surface area contributed by atoms with Crippen LogP contribution in [0.2, 0.25) is 0 Å². The number of likely N-dealkylation sites (tertiary alicyclic amines) is 1. The quantitative estimate of drug-likeness (QED) is 0.736. The molecule has 0 saturated carbocycles. The number of rotatable bonds is 3. The molecule has 5 nitrogen and oxygen atoms in total. The van der Waals surface area contributed by atoms with Crippen molar-refractivity contribution < 1.29 is 4.79 Å². The van der Waals surface area contributed by atoms with Gasteiger partial charge in [-0.1, -0.05) is 11.6 Å². The average Bonchev–Trinajstić information content (AvgIpc) is 3.35. The van der Waals surface area contributed by atoms with Gasteiger partial charge >= 0.3 is 0 Å². The van der Waals surface area contributed by atoms with E-state index in [9.17, 15) is 4.79 Å². The number of carbonyl (C=O) groups excluding carboxylic acids is 1. The number of amides is 1. The van der Waals surface area contributed by atoms with Gasteiger partial charge in [-0.15, -0.1) is 0 Å². The highest BCUT2D eigenvalue weighted by Crippen LogP contribution is 2.25. The third-order valence-electron chi connectivity index (χ3n) is 4.90. The Bertz CT molecular complexity index is 852. The highest BCUT2D eigenvalue weighted by molar-refractivity contribution is 5.98. The van der Waals surface area contributed by atoms with E-state index in [-0.39, 0.29) is 5.91 Å². The van der Waals surface area contributed by atoms with E-state index in [1.165, 1.54) is 0 Å². The molecule has 1 amide bonds. The number of piperidine rings is 1. The second-order valence-electron chi connectivity index (χ2n) is 6.67. The van der Waals surface area contributed by atoms with Gasteiger partial charge in [0.1, 0.15) is 0 Å². The van der Waals surface area contributed by atoms with Crippen LogP contribution in [0.25, 0.3) is 5.69 Å². The molecule has 1 aromatic carbocycles. The van der Waals surface area contributed by atoms with E-state index in [0.717, 1.165) is 42.7 Å². The number of nitrogens with zero attached hydrogens (tertiary/aromatic N) is 4. The van der Waals surface area contributed by atoms with E-state index in [4.69, 9.17) is 0 Å². The second kappa shape index (κ2) is 6.59. The predicted octanol–water partition coefficient (Wildman–Crippen LogP) is 3.46. The maximum absolute atomic E-state index is 13.3. The molecule has 25 heavy (non-hydrogen) atoms. The molecule has 128 valence electrons. The molecule has 3 aromatic rings. The van der Waals surface area contributed by atoms with Crippen LogP contribution in [0.3, 0.4) is 0 Å². The van der Waals surface area contributed by atoms with Gasteiger partial charge in [0.15, 0.2) is 0 Å². The summed E-state index contributed by atoms with van der Waals surface area (Å²) in [5.41, 5.74) is 2.80. The molecule has 0 spiro atoms. The van der Waals surface area contributed by atoms with Gasteiger partial charge in [0, 0.05) is 37.9 Å². The van der Waals surface area contributed by atoms with Crippen LogP contribution in [-0.2, 0) is 0 Å². The second-order valence-corrected chi connectivity index (χ2v) is 6.67. The van der Waals surface area contributed by atoms with Crippen LogP contribution in [-0.4, -0.2) is 38.0 Å². The fourth-order valence-corrected chi connectivity index (χ4v) is 3.58. The minimum Gasteiger partial charge on any atom is -0.337 e.